The number of rotatable bonds is 1. The van der Waals surface area contributed by atoms with E-state index in [1.165, 1.54) is 7.11 Å². The molecule has 51 valence electrons. The Morgan fingerprint density at radius 3 is 2.50 bits per heavy atom. The van der Waals surface area contributed by atoms with E-state index in [0.717, 1.165) is 0 Å². The van der Waals surface area contributed by atoms with Crippen LogP contribution in [-0.2, 0) is 24.2 Å². The van der Waals surface area contributed by atoms with Gasteiger partial charge in [0.05, 0.1) is 25.4 Å². The van der Waals surface area contributed by atoms with Crippen LogP contribution in [0.2, 0.25) is 0 Å². The topological polar surface area (TPSA) is 35.7 Å². The summed E-state index contributed by atoms with van der Waals surface area (Å²) < 4.78 is 4.69. The van der Waals surface area contributed by atoms with Crippen LogP contribution in [0.1, 0.15) is 0 Å². The molecule has 1 heterocycles. The van der Waals surface area contributed by atoms with Crippen molar-refractivity contribution in [1.29, 1.82) is 0 Å². The predicted octanol–water partition coefficient (Wildman–Crippen LogP) is -2.77. The summed E-state index contributed by atoms with van der Waals surface area (Å²) in [6.45, 7) is 0. The molecular formula is C5H5ClN2OZn-. The fourth-order valence-electron chi connectivity index (χ4n) is 0.354. The van der Waals surface area contributed by atoms with E-state index in [4.69, 9.17) is 0 Å². The summed E-state index contributed by atoms with van der Waals surface area (Å²) in [6.07, 6.45) is 3.10. The van der Waals surface area contributed by atoms with Gasteiger partial charge in [-0.1, -0.05) is 0 Å². The molecule has 0 unspecified atom stereocenters. The molecule has 5 heteroatoms. The third kappa shape index (κ3) is 3.68. The molecule has 0 aliphatic carbocycles. The molecule has 0 N–H and O–H groups in total. The van der Waals surface area contributed by atoms with Crippen LogP contribution >= 0.6 is 0 Å². The first-order valence-corrected chi connectivity index (χ1v) is 2.16. The molecule has 3 nitrogen and oxygen atoms in total. The summed E-state index contributed by atoms with van der Waals surface area (Å²) in [7, 11) is 1.53. The first-order valence-electron chi connectivity index (χ1n) is 2.16. The Bertz CT molecular complexity index is 174. The number of methoxy groups -OCH3 is 1. The van der Waals surface area contributed by atoms with Crippen molar-refractivity contribution < 1.29 is 36.6 Å². The van der Waals surface area contributed by atoms with Gasteiger partial charge in [0.25, 0.3) is 5.88 Å². The summed E-state index contributed by atoms with van der Waals surface area (Å²) in [5.74, 6) is 2.96. The third-order valence-corrected chi connectivity index (χ3v) is 0.687. The second-order valence-electron chi connectivity index (χ2n) is 1.18. The van der Waals surface area contributed by atoms with Gasteiger partial charge in [0.2, 0.25) is 0 Å². The summed E-state index contributed by atoms with van der Waals surface area (Å²) in [4.78, 5) is 3.64. The normalized spacial score (nSPS) is 11.9. The molecule has 0 saturated heterocycles. The summed E-state index contributed by atoms with van der Waals surface area (Å²) >= 11 is 0. The third-order valence-electron chi connectivity index (χ3n) is 0.687. The Morgan fingerprint density at radius 2 is 2.20 bits per heavy atom. The second kappa shape index (κ2) is 6.82. The van der Waals surface area contributed by atoms with Gasteiger partial charge in [0.15, 0.2) is 0 Å². The Morgan fingerprint density at radius 1 is 1.50 bits per heavy atom. The number of aliphatic imine (C=N–C) groups is 1. The van der Waals surface area contributed by atoms with Crippen LogP contribution < -0.4 is 17.7 Å². The largest absolute Gasteiger partial charge is 1.00 e. The first kappa shape index (κ1) is 12.4. The molecule has 0 amide bonds. The Labute approximate surface area is 78.4 Å². The Kier molecular flexibility index (Phi) is 8.45. The number of hydrogen-bond donors (Lipinski definition) is 0. The van der Waals surface area contributed by atoms with Gasteiger partial charge in [-0.25, -0.2) is 10.3 Å². The molecule has 0 saturated carbocycles. The van der Waals surface area contributed by atoms with Gasteiger partial charge in [-0.15, -0.1) is 0 Å². The zero-order valence-electron chi connectivity index (χ0n) is 5.54. The second-order valence-corrected chi connectivity index (χ2v) is 1.18. The average molecular weight is 210 g/mol. The Balaban J connectivity index is 0. The van der Waals surface area contributed by atoms with Crippen LogP contribution in [0.4, 0.5) is 0 Å². The van der Waals surface area contributed by atoms with Gasteiger partial charge in [0.1, 0.15) is 0 Å². The zero-order valence-corrected chi connectivity index (χ0v) is 9.27. The first-order chi connectivity index (χ1) is 3.93. The molecule has 1 rings (SSSR count). The number of ether oxygens (including phenoxy) is 1. The van der Waals surface area contributed by atoms with Gasteiger partial charge >= 0.3 is 0 Å². The van der Waals surface area contributed by atoms with Crippen LogP contribution in [-0.4, -0.2) is 13.0 Å². The van der Waals surface area contributed by atoms with Crippen LogP contribution in [0.3, 0.4) is 0 Å². The van der Waals surface area contributed by atoms with Crippen molar-refractivity contribution in [2.75, 3.05) is 7.11 Å². The molecule has 0 bridgehead atoms. The van der Waals surface area contributed by atoms with Crippen molar-refractivity contribution in [2.24, 2.45) is 4.99 Å². The van der Waals surface area contributed by atoms with Crippen molar-refractivity contribution in [3.8, 4) is 0 Å². The van der Waals surface area contributed by atoms with Gasteiger partial charge in [-0.05, 0) is 0 Å². The standard InChI is InChI=1S/C5H5N2O.ClH.Zn/c1-8-5-4-6-2-3-7-5;;/h2-3H,1H3;1H;/p-1. The van der Waals surface area contributed by atoms with Gasteiger partial charge in [0, 0.05) is 19.5 Å². The number of nitrogens with zero attached hydrogens (tertiary/aromatic N) is 2. The van der Waals surface area contributed by atoms with E-state index in [1.54, 1.807) is 12.4 Å². The van der Waals surface area contributed by atoms with Crippen LogP contribution in [0.25, 0.3) is 0 Å². The monoisotopic (exact) mass is 208 g/mol. The smallest absolute Gasteiger partial charge is 0.279 e. The zero-order chi connectivity index (χ0) is 5.82. The van der Waals surface area contributed by atoms with Crippen molar-refractivity contribution in [1.82, 2.24) is 5.32 Å². The van der Waals surface area contributed by atoms with Crippen molar-refractivity contribution >= 4 is 5.87 Å². The number of halogens is 1. The molecule has 0 aromatic heterocycles. The van der Waals surface area contributed by atoms with E-state index in [9.17, 15) is 0 Å². The minimum absolute atomic E-state index is 0. The minimum atomic E-state index is 0. The van der Waals surface area contributed by atoms with Crippen LogP contribution in [0, 0.1) is 0 Å². The molecule has 1 radical (unpaired) electrons. The van der Waals surface area contributed by atoms with Crippen LogP contribution in [0.5, 0.6) is 0 Å². The minimum Gasteiger partial charge on any atom is -1.00 e. The Hall–Kier alpha value is -0.297. The van der Waals surface area contributed by atoms with E-state index >= 15 is 0 Å². The SMILES string of the molecule is COC1=C=NC=C[N]1.[Cl-].[Zn]. The molecule has 0 aromatic carbocycles. The molecule has 1 aliphatic rings. The fourth-order valence-corrected chi connectivity index (χ4v) is 0.354. The molecule has 1 aliphatic heterocycles. The summed E-state index contributed by atoms with van der Waals surface area (Å²) in [6, 6.07) is 0. The molecule has 0 spiro atoms. The van der Waals surface area contributed by atoms with E-state index in [-0.39, 0.29) is 31.9 Å². The van der Waals surface area contributed by atoms with E-state index < -0.39 is 0 Å². The maximum absolute atomic E-state index is 4.69. The molecule has 0 fully saturated rings. The molecule has 10 heavy (non-hydrogen) atoms. The van der Waals surface area contributed by atoms with Crippen molar-refractivity contribution in [3.05, 3.63) is 18.3 Å². The molecule has 0 aromatic rings. The van der Waals surface area contributed by atoms with Gasteiger partial charge in [-0.2, -0.15) is 0 Å². The van der Waals surface area contributed by atoms with Gasteiger partial charge in [-0.3, -0.25) is 0 Å². The average Bonchev–Trinajstić information content (AvgIpc) is 1.90. The summed E-state index contributed by atoms with van der Waals surface area (Å²) in [5.41, 5.74) is 0. The molecule has 0 atom stereocenters. The van der Waals surface area contributed by atoms with Crippen molar-refractivity contribution in [3.63, 3.8) is 0 Å². The van der Waals surface area contributed by atoms with E-state index in [1.807, 2.05) is 0 Å². The quantitative estimate of drug-likeness (QED) is 0.431. The van der Waals surface area contributed by atoms with Crippen LogP contribution in [0.15, 0.2) is 23.3 Å². The fraction of sp³-hybridized carbons (Fsp3) is 0.200. The predicted molar refractivity (Wildman–Crippen MR) is 29.2 cm³/mol. The maximum Gasteiger partial charge on any atom is 0.279 e. The van der Waals surface area contributed by atoms with E-state index in [2.05, 4.69) is 20.9 Å². The van der Waals surface area contributed by atoms with E-state index in [0.29, 0.717) is 5.88 Å². The number of hydrogen-bond acceptors (Lipinski definition) is 2. The maximum atomic E-state index is 4.69. The summed E-state index contributed by atoms with van der Waals surface area (Å²) in [5, 5.41) is 3.76. The van der Waals surface area contributed by atoms with Crippen molar-refractivity contribution in [2.45, 2.75) is 0 Å². The molecular weight excluding hydrogens is 205 g/mol. The van der Waals surface area contributed by atoms with Gasteiger partial charge < -0.3 is 17.1 Å².